The molecule has 1 unspecified atom stereocenters. The van der Waals surface area contributed by atoms with Crippen molar-refractivity contribution >= 4 is 11.6 Å². The molecule has 1 aliphatic rings. The predicted molar refractivity (Wildman–Crippen MR) is 82.1 cm³/mol. The largest absolute Gasteiger partial charge is 0.398 e. The van der Waals surface area contributed by atoms with Crippen molar-refractivity contribution in [1.82, 2.24) is 15.1 Å². The first-order valence-electron chi connectivity index (χ1n) is 7.30. The highest BCUT2D eigenvalue weighted by atomic mass is 16.2. The van der Waals surface area contributed by atoms with Crippen molar-refractivity contribution in [1.29, 1.82) is 0 Å². The van der Waals surface area contributed by atoms with Gasteiger partial charge in [0.15, 0.2) is 0 Å². The number of piperidine rings is 1. The number of hydrogen-bond donors (Lipinski definition) is 2. The molecule has 21 heavy (non-hydrogen) atoms. The zero-order valence-electron chi connectivity index (χ0n) is 12.2. The first-order chi connectivity index (χ1) is 10.1. The molecule has 1 amide bonds. The summed E-state index contributed by atoms with van der Waals surface area (Å²) >= 11 is 0. The summed E-state index contributed by atoms with van der Waals surface area (Å²) in [5, 5.41) is 7.02. The molecule has 3 rings (SSSR count). The number of H-pyrrole nitrogens is 1. The molecule has 1 atom stereocenters. The molecule has 0 aliphatic carbocycles. The molecule has 110 valence electrons. The third-order valence-electron chi connectivity index (χ3n) is 4.20. The number of nitrogens with two attached hydrogens (primary N) is 1. The van der Waals surface area contributed by atoms with E-state index >= 15 is 0 Å². The number of nitrogens with zero attached hydrogens (tertiary/aromatic N) is 2. The zero-order valence-corrected chi connectivity index (χ0v) is 12.2. The van der Waals surface area contributed by atoms with E-state index in [0.29, 0.717) is 17.2 Å². The topological polar surface area (TPSA) is 75.0 Å². The number of carbonyl (C=O) groups excluding carboxylic acids is 1. The van der Waals surface area contributed by atoms with Gasteiger partial charge in [-0.2, -0.15) is 5.10 Å². The second kappa shape index (κ2) is 5.60. The Morgan fingerprint density at radius 3 is 3.00 bits per heavy atom. The van der Waals surface area contributed by atoms with Crippen LogP contribution in [0, 0.1) is 6.92 Å². The first-order valence-corrected chi connectivity index (χ1v) is 7.30. The van der Waals surface area contributed by atoms with Crippen LogP contribution in [0.25, 0.3) is 0 Å². The summed E-state index contributed by atoms with van der Waals surface area (Å²) in [7, 11) is 0. The second-order valence-corrected chi connectivity index (χ2v) is 5.67. The number of benzene rings is 1. The lowest BCUT2D eigenvalue weighted by atomic mass is 9.94. The fourth-order valence-corrected chi connectivity index (χ4v) is 2.87. The van der Waals surface area contributed by atoms with Gasteiger partial charge in [-0.25, -0.2) is 0 Å². The normalized spacial score (nSPS) is 18.7. The van der Waals surface area contributed by atoms with Gasteiger partial charge < -0.3 is 10.6 Å². The quantitative estimate of drug-likeness (QED) is 0.831. The highest BCUT2D eigenvalue weighted by Gasteiger charge is 2.26. The molecule has 1 aliphatic heterocycles. The molecule has 0 radical (unpaired) electrons. The van der Waals surface area contributed by atoms with Crippen molar-refractivity contribution < 1.29 is 4.79 Å². The van der Waals surface area contributed by atoms with Crippen LogP contribution >= 0.6 is 0 Å². The number of aromatic amines is 1. The van der Waals surface area contributed by atoms with Gasteiger partial charge in [0.05, 0.1) is 0 Å². The van der Waals surface area contributed by atoms with E-state index in [-0.39, 0.29) is 5.91 Å². The van der Waals surface area contributed by atoms with Crippen molar-refractivity contribution in [2.75, 3.05) is 18.8 Å². The van der Waals surface area contributed by atoms with E-state index < -0.39 is 0 Å². The molecule has 5 nitrogen and oxygen atoms in total. The number of anilines is 1. The van der Waals surface area contributed by atoms with Gasteiger partial charge in [-0.1, -0.05) is 6.07 Å². The maximum Gasteiger partial charge on any atom is 0.253 e. The van der Waals surface area contributed by atoms with Crippen LogP contribution in [0.2, 0.25) is 0 Å². The average molecular weight is 284 g/mol. The van der Waals surface area contributed by atoms with Gasteiger partial charge in [-0.15, -0.1) is 0 Å². The minimum atomic E-state index is 0.0610. The number of carbonyl (C=O) groups is 1. The van der Waals surface area contributed by atoms with Gasteiger partial charge >= 0.3 is 0 Å². The van der Waals surface area contributed by atoms with Crippen LogP contribution in [0.5, 0.6) is 0 Å². The molecule has 2 aromatic rings. The number of aryl methyl sites for hydroxylation is 1. The van der Waals surface area contributed by atoms with E-state index in [2.05, 4.69) is 10.2 Å². The SMILES string of the molecule is Cc1ccc(C(=O)N2CCCC(c3ccn[nH]3)C2)cc1N. The van der Waals surface area contributed by atoms with Gasteiger partial charge in [-0.05, 0) is 43.5 Å². The second-order valence-electron chi connectivity index (χ2n) is 5.67. The summed E-state index contributed by atoms with van der Waals surface area (Å²) in [4.78, 5) is 14.5. The number of rotatable bonds is 2. The summed E-state index contributed by atoms with van der Waals surface area (Å²) in [6.07, 6.45) is 3.86. The number of nitrogen functional groups attached to an aromatic ring is 1. The van der Waals surface area contributed by atoms with Crippen molar-refractivity contribution in [2.45, 2.75) is 25.7 Å². The van der Waals surface area contributed by atoms with Gasteiger partial charge in [0, 0.05) is 42.1 Å². The molecule has 1 saturated heterocycles. The minimum Gasteiger partial charge on any atom is -0.398 e. The molecule has 1 aromatic heterocycles. The maximum absolute atomic E-state index is 12.6. The van der Waals surface area contributed by atoms with Crippen molar-refractivity contribution in [3.05, 3.63) is 47.3 Å². The van der Waals surface area contributed by atoms with E-state index in [4.69, 9.17) is 5.73 Å². The fraction of sp³-hybridized carbons (Fsp3) is 0.375. The number of aromatic nitrogens is 2. The molecule has 0 bridgehead atoms. The Hall–Kier alpha value is -2.30. The number of amides is 1. The summed E-state index contributed by atoms with van der Waals surface area (Å²) in [5.74, 6) is 0.402. The van der Waals surface area contributed by atoms with Gasteiger partial charge in [0.1, 0.15) is 0 Å². The van der Waals surface area contributed by atoms with E-state index in [0.717, 1.165) is 37.2 Å². The molecule has 0 spiro atoms. The van der Waals surface area contributed by atoms with E-state index in [9.17, 15) is 4.79 Å². The summed E-state index contributed by atoms with van der Waals surface area (Å²) < 4.78 is 0. The molecule has 0 saturated carbocycles. The summed E-state index contributed by atoms with van der Waals surface area (Å²) in [6.45, 7) is 3.48. The average Bonchev–Trinajstić information content (AvgIpc) is 3.04. The summed E-state index contributed by atoms with van der Waals surface area (Å²) in [6, 6.07) is 7.52. The lowest BCUT2D eigenvalue weighted by molar-refractivity contribution is 0.0706. The third-order valence-corrected chi connectivity index (χ3v) is 4.20. The highest BCUT2D eigenvalue weighted by molar-refractivity contribution is 5.95. The third kappa shape index (κ3) is 2.77. The van der Waals surface area contributed by atoms with Crippen LogP contribution in [0.4, 0.5) is 5.69 Å². The molecule has 1 aromatic carbocycles. The predicted octanol–water partition coefficient (Wildman–Crippen LogP) is 2.32. The monoisotopic (exact) mass is 284 g/mol. The lowest BCUT2D eigenvalue weighted by Gasteiger charge is -2.32. The summed E-state index contributed by atoms with van der Waals surface area (Å²) in [5.41, 5.74) is 9.36. The van der Waals surface area contributed by atoms with Gasteiger partial charge in [0.25, 0.3) is 5.91 Å². The number of likely N-dealkylation sites (tertiary alicyclic amines) is 1. The van der Waals surface area contributed by atoms with Crippen LogP contribution in [-0.2, 0) is 0 Å². The first kappa shape index (κ1) is 13.7. The van der Waals surface area contributed by atoms with Crippen LogP contribution in [0.15, 0.2) is 30.5 Å². The fourth-order valence-electron chi connectivity index (χ4n) is 2.87. The van der Waals surface area contributed by atoms with Crippen molar-refractivity contribution in [2.24, 2.45) is 0 Å². The standard InChI is InChI=1S/C16H20N4O/c1-11-4-5-12(9-14(11)17)16(21)20-8-2-3-13(10-20)15-6-7-18-19-15/h4-7,9,13H,2-3,8,10,17H2,1H3,(H,18,19). The smallest absolute Gasteiger partial charge is 0.253 e. The van der Waals surface area contributed by atoms with Crippen LogP contribution in [0.1, 0.15) is 40.4 Å². The molecular weight excluding hydrogens is 264 g/mol. The maximum atomic E-state index is 12.6. The molecular formula is C16H20N4O. The Labute approximate surface area is 124 Å². The van der Waals surface area contributed by atoms with E-state index in [1.165, 1.54) is 0 Å². The Morgan fingerprint density at radius 1 is 1.43 bits per heavy atom. The molecule has 2 heterocycles. The number of hydrogen-bond acceptors (Lipinski definition) is 3. The Kier molecular flexibility index (Phi) is 3.64. The van der Waals surface area contributed by atoms with Gasteiger partial charge in [-0.3, -0.25) is 9.89 Å². The zero-order chi connectivity index (χ0) is 14.8. The van der Waals surface area contributed by atoms with Gasteiger partial charge in [0.2, 0.25) is 0 Å². The Morgan fingerprint density at radius 2 is 2.29 bits per heavy atom. The molecule has 1 fully saturated rings. The van der Waals surface area contributed by atoms with E-state index in [1.54, 1.807) is 12.3 Å². The van der Waals surface area contributed by atoms with Crippen molar-refractivity contribution in [3.63, 3.8) is 0 Å². The number of nitrogens with one attached hydrogen (secondary N) is 1. The Bertz CT molecular complexity index is 636. The van der Waals surface area contributed by atoms with Crippen LogP contribution in [-0.4, -0.2) is 34.1 Å². The highest BCUT2D eigenvalue weighted by Crippen LogP contribution is 2.26. The lowest BCUT2D eigenvalue weighted by Crippen LogP contribution is -2.39. The van der Waals surface area contributed by atoms with E-state index in [1.807, 2.05) is 30.0 Å². The Balaban J connectivity index is 1.76. The van der Waals surface area contributed by atoms with Crippen molar-refractivity contribution in [3.8, 4) is 0 Å². The minimum absolute atomic E-state index is 0.0610. The van der Waals surface area contributed by atoms with Crippen LogP contribution in [0.3, 0.4) is 0 Å². The molecule has 3 N–H and O–H groups in total. The molecule has 5 heteroatoms. The van der Waals surface area contributed by atoms with Crippen LogP contribution < -0.4 is 5.73 Å².